The molecular weight excluding hydrogens is 678 g/mol. The van der Waals surface area contributed by atoms with Gasteiger partial charge in [-0.25, -0.2) is 9.37 Å². The summed E-state index contributed by atoms with van der Waals surface area (Å²) >= 11 is 12.2. The normalized spacial score (nSPS) is 11.9. The maximum Gasteiger partial charge on any atom is 0.283 e. The van der Waals surface area contributed by atoms with E-state index in [1.807, 2.05) is 59.7 Å². The molecule has 6 aromatic rings. The van der Waals surface area contributed by atoms with Crippen LogP contribution >= 0.6 is 23.2 Å². The first-order chi connectivity index (χ1) is 23.2. The second-order valence-electron chi connectivity index (χ2n) is 14.7. The minimum absolute atomic E-state index is 0.0379. The van der Waals surface area contributed by atoms with Crippen LogP contribution in [0.15, 0.2) is 88.7 Å². The number of pyridine rings is 4. The average Bonchev–Trinajstić information content (AvgIpc) is 3.01. The fraction of sp³-hybridized carbons (Fsp3) is 0.333. The van der Waals surface area contributed by atoms with Crippen molar-refractivity contribution in [3.8, 4) is 5.88 Å². The molecule has 0 amide bonds. The van der Waals surface area contributed by atoms with Gasteiger partial charge in [0.25, 0.3) is 11.1 Å². The van der Waals surface area contributed by atoms with E-state index in [0.29, 0.717) is 16.4 Å². The Morgan fingerprint density at radius 2 is 1.38 bits per heavy atom. The fourth-order valence-electron chi connectivity index (χ4n) is 5.43. The van der Waals surface area contributed by atoms with Gasteiger partial charge in [0, 0.05) is 51.9 Å². The molecule has 0 aliphatic heterocycles. The number of ether oxygens (including phenoxy) is 1. The fourth-order valence-corrected chi connectivity index (χ4v) is 6.02. The summed E-state index contributed by atoms with van der Waals surface area (Å²) in [6.45, 7) is 17.9. The van der Waals surface area contributed by atoms with Crippen LogP contribution < -0.4 is 20.7 Å². The lowest BCUT2D eigenvalue weighted by molar-refractivity contribution is -0.0135. The molecular formula is C39H43Cl2FN4O4. The van der Waals surface area contributed by atoms with Crippen LogP contribution in [0, 0.1) is 5.82 Å². The highest BCUT2D eigenvalue weighted by Crippen LogP contribution is 2.39. The molecule has 0 saturated heterocycles. The average molecular weight is 722 g/mol. The van der Waals surface area contributed by atoms with E-state index in [1.54, 1.807) is 48.3 Å². The quantitative estimate of drug-likeness (QED) is 0.177. The zero-order valence-corrected chi connectivity index (χ0v) is 31.6. The van der Waals surface area contributed by atoms with Gasteiger partial charge in [-0.15, -0.1) is 4.73 Å². The minimum atomic E-state index is -0.523. The molecule has 0 bridgehead atoms. The van der Waals surface area contributed by atoms with E-state index < -0.39 is 11.4 Å². The molecule has 4 heterocycles. The molecule has 11 heteroatoms. The maximum absolute atomic E-state index is 13.2. The van der Waals surface area contributed by atoms with Crippen LogP contribution in [-0.2, 0) is 11.0 Å². The van der Waals surface area contributed by atoms with Gasteiger partial charge in [0.05, 0.1) is 28.7 Å². The zero-order valence-electron chi connectivity index (χ0n) is 30.1. The van der Waals surface area contributed by atoms with Crippen molar-refractivity contribution in [3.63, 3.8) is 0 Å². The first kappa shape index (κ1) is 38.3. The molecule has 0 unspecified atom stereocenters. The van der Waals surface area contributed by atoms with Gasteiger partial charge in [0.1, 0.15) is 11.4 Å². The standard InChI is InChI=1S/C14H16ClNO.C13H14FNO2.C12H13ClN2O/c1-14(2,3)12-10(15)6-5-9-7-8-16-13(17-4)11(9)12;1-13(2,3)17-15-11-8-10(14)6-4-9(11)5-7-12(15)16;1-12(2,3)15-10-6-8(13)7-14-9(10)4-5-11(15)16/h5-8H,1-4H3;4-8H,1-3H3;4-7H,1-3H3. The van der Waals surface area contributed by atoms with Crippen molar-refractivity contribution in [2.24, 2.45) is 0 Å². The van der Waals surface area contributed by atoms with Crippen LogP contribution in [0.1, 0.15) is 67.9 Å². The number of aromatic nitrogens is 4. The third-order valence-electron chi connectivity index (χ3n) is 7.35. The summed E-state index contributed by atoms with van der Waals surface area (Å²) in [4.78, 5) is 37.6. The topological polar surface area (TPSA) is 88.2 Å². The van der Waals surface area contributed by atoms with E-state index in [9.17, 15) is 14.0 Å². The van der Waals surface area contributed by atoms with E-state index >= 15 is 0 Å². The van der Waals surface area contributed by atoms with Crippen molar-refractivity contribution >= 4 is 55.9 Å². The SMILES string of the molecule is CC(C)(C)On1c(=O)ccc2ccc(F)cc21.CC(C)(C)n1c(=O)ccc2ncc(Cl)cc21.COc1nccc2ccc(Cl)c(C(C)(C)C)c12. The molecule has 2 aromatic carbocycles. The van der Waals surface area contributed by atoms with E-state index in [0.717, 1.165) is 42.5 Å². The summed E-state index contributed by atoms with van der Waals surface area (Å²) in [6, 6.07) is 18.3. The van der Waals surface area contributed by atoms with Crippen LogP contribution in [0.25, 0.3) is 32.7 Å². The number of hydrogen-bond acceptors (Lipinski definition) is 6. The Bertz CT molecular complexity index is 2280. The van der Waals surface area contributed by atoms with Gasteiger partial charge in [-0.2, -0.15) is 0 Å². The van der Waals surface area contributed by atoms with E-state index in [4.69, 9.17) is 32.8 Å². The maximum atomic E-state index is 13.2. The third-order valence-corrected chi connectivity index (χ3v) is 7.87. The lowest BCUT2D eigenvalue weighted by atomic mass is 9.84. The molecule has 0 spiro atoms. The number of halogens is 3. The van der Waals surface area contributed by atoms with Crippen LogP contribution in [0.3, 0.4) is 0 Å². The van der Waals surface area contributed by atoms with Crippen molar-refractivity contribution in [1.82, 2.24) is 19.3 Å². The Morgan fingerprint density at radius 1 is 0.740 bits per heavy atom. The van der Waals surface area contributed by atoms with Gasteiger partial charge in [0.2, 0.25) is 5.88 Å². The Kier molecular flexibility index (Phi) is 11.3. The van der Waals surface area contributed by atoms with Gasteiger partial charge in [0.15, 0.2) is 0 Å². The molecule has 0 fully saturated rings. The third kappa shape index (κ3) is 9.00. The Morgan fingerprint density at radius 3 is 2.00 bits per heavy atom. The van der Waals surface area contributed by atoms with Crippen molar-refractivity contribution in [2.75, 3.05) is 7.11 Å². The summed E-state index contributed by atoms with van der Waals surface area (Å²) in [5, 5.41) is 4.17. The molecule has 0 aliphatic rings. The molecule has 0 N–H and O–H groups in total. The van der Waals surface area contributed by atoms with Gasteiger partial charge in [-0.1, -0.05) is 50.0 Å². The molecule has 0 aliphatic carbocycles. The van der Waals surface area contributed by atoms with Crippen LogP contribution in [0.5, 0.6) is 5.88 Å². The number of nitrogens with zero attached hydrogens (tertiary/aromatic N) is 4. The molecule has 6 rings (SSSR count). The number of fused-ring (bicyclic) bond motifs is 3. The monoisotopic (exact) mass is 720 g/mol. The summed E-state index contributed by atoms with van der Waals surface area (Å²) in [7, 11) is 1.63. The molecule has 4 aromatic heterocycles. The Balaban J connectivity index is 0.000000169. The lowest BCUT2D eigenvalue weighted by Crippen LogP contribution is -2.37. The van der Waals surface area contributed by atoms with Crippen molar-refractivity contribution in [3.05, 3.63) is 121 Å². The number of hydrogen-bond donors (Lipinski definition) is 0. The highest BCUT2D eigenvalue weighted by Gasteiger charge is 2.23. The van der Waals surface area contributed by atoms with Crippen molar-refractivity contribution in [2.45, 2.75) is 78.9 Å². The largest absolute Gasteiger partial charge is 0.481 e. The second kappa shape index (κ2) is 14.8. The summed E-state index contributed by atoms with van der Waals surface area (Å²) in [5.41, 5.74) is 1.86. The van der Waals surface area contributed by atoms with Crippen LogP contribution in [0.4, 0.5) is 4.39 Å². The lowest BCUT2D eigenvalue weighted by Gasteiger charge is -2.24. The molecule has 50 heavy (non-hydrogen) atoms. The predicted octanol–water partition coefficient (Wildman–Crippen LogP) is 9.37. The van der Waals surface area contributed by atoms with Crippen molar-refractivity contribution < 1.29 is 14.0 Å². The first-order valence-electron chi connectivity index (χ1n) is 16.0. The number of benzene rings is 2. The number of methoxy groups -OCH3 is 1. The van der Waals surface area contributed by atoms with Crippen molar-refractivity contribution in [1.29, 1.82) is 0 Å². The molecule has 0 saturated carbocycles. The first-order valence-corrected chi connectivity index (χ1v) is 16.8. The Labute approximate surface area is 301 Å². The molecule has 264 valence electrons. The number of rotatable bonds is 2. The smallest absolute Gasteiger partial charge is 0.283 e. The molecule has 8 nitrogen and oxygen atoms in total. The zero-order chi connectivity index (χ0) is 37.2. The Hall–Kier alpha value is -4.47. The van der Waals surface area contributed by atoms with E-state index in [-0.39, 0.29) is 22.1 Å². The summed E-state index contributed by atoms with van der Waals surface area (Å²) in [5.74, 6) is 0.240. The van der Waals surface area contributed by atoms with E-state index in [2.05, 4.69) is 30.7 Å². The van der Waals surface area contributed by atoms with Gasteiger partial charge in [-0.3, -0.25) is 14.6 Å². The van der Waals surface area contributed by atoms with Crippen LogP contribution in [0.2, 0.25) is 10.0 Å². The predicted molar refractivity (Wildman–Crippen MR) is 203 cm³/mol. The highest BCUT2D eigenvalue weighted by atomic mass is 35.5. The van der Waals surface area contributed by atoms with Gasteiger partial charge >= 0.3 is 0 Å². The van der Waals surface area contributed by atoms with Crippen LogP contribution in [-0.4, -0.2) is 32.0 Å². The molecule has 0 atom stereocenters. The van der Waals surface area contributed by atoms with Gasteiger partial charge in [-0.05, 0) is 100 Å². The minimum Gasteiger partial charge on any atom is -0.481 e. The van der Waals surface area contributed by atoms with Gasteiger partial charge < -0.3 is 14.1 Å². The summed E-state index contributed by atoms with van der Waals surface area (Å²) < 4.78 is 21.4. The highest BCUT2D eigenvalue weighted by molar-refractivity contribution is 6.32. The molecule has 0 radical (unpaired) electrons. The second-order valence-corrected chi connectivity index (χ2v) is 15.5. The summed E-state index contributed by atoms with van der Waals surface area (Å²) in [6.07, 6.45) is 3.34. The van der Waals surface area contributed by atoms with E-state index in [1.165, 1.54) is 24.3 Å².